The first-order valence-corrected chi connectivity index (χ1v) is 6.79. The lowest BCUT2D eigenvalue weighted by Crippen LogP contribution is -2.49. The van der Waals surface area contributed by atoms with E-state index in [1.54, 1.807) is 0 Å². The van der Waals surface area contributed by atoms with Crippen LogP contribution in [0.3, 0.4) is 0 Å². The van der Waals surface area contributed by atoms with Gasteiger partial charge >= 0.3 is 0 Å². The Balaban J connectivity index is 2.40. The second kappa shape index (κ2) is 6.97. The lowest BCUT2D eigenvalue weighted by Gasteiger charge is -2.31. The molecule has 0 spiro atoms. The minimum absolute atomic E-state index is 0.0335. The highest BCUT2D eigenvalue weighted by Crippen LogP contribution is 2.24. The molecule has 0 aliphatic carbocycles. The summed E-state index contributed by atoms with van der Waals surface area (Å²) in [6.45, 7) is 5.77. The average Bonchev–Trinajstić information content (AvgIpc) is 2.41. The number of hydrogen-bond donors (Lipinski definition) is 3. The summed E-state index contributed by atoms with van der Waals surface area (Å²) in [6, 6.07) is -0.0335. The largest absolute Gasteiger partial charge is 0.396 e. The van der Waals surface area contributed by atoms with Gasteiger partial charge in [0.05, 0.1) is 12.6 Å². The number of amides is 1. The van der Waals surface area contributed by atoms with E-state index in [0.29, 0.717) is 6.54 Å². The van der Waals surface area contributed by atoms with Crippen LogP contribution in [0.1, 0.15) is 46.0 Å². The molecule has 1 saturated heterocycles. The van der Waals surface area contributed by atoms with E-state index in [4.69, 9.17) is 0 Å². The summed E-state index contributed by atoms with van der Waals surface area (Å²) in [5.41, 5.74) is -0.148. The summed E-state index contributed by atoms with van der Waals surface area (Å²) in [4.78, 5) is 11.9. The second-order valence-electron chi connectivity index (χ2n) is 5.09. The van der Waals surface area contributed by atoms with Crippen molar-refractivity contribution in [1.29, 1.82) is 0 Å². The Morgan fingerprint density at radius 1 is 1.41 bits per heavy atom. The molecule has 0 aromatic carbocycles. The Labute approximate surface area is 104 Å². The molecule has 0 aromatic rings. The maximum atomic E-state index is 11.9. The van der Waals surface area contributed by atoms with Crippen molar-refractivity contribution in [3.05, 3.63) is 0 Å². The van der Waals surface area contributed by atoms with Gasteiger partial charge in [-0.3, -0.25) is 4.79 Å². The van der Waals surface area contributed by atoms with Gasteiger partial charge in [-0.1, -0.05) is 20.3 Å². The van der Waals surface area contributed by atoms with E-state index in [0.717, 1.165) is 38.6 Å². The molecule has 1 unspecified atom stereocenters. The molecule has 0 aromatic heterocycles. The molecule has 1 rings (SSSR count). The van der Waals surface area contributed by atoms with Crippen molar-refractivity contribution >= 4 is 5.91 Å². The summed E-state index contributed by atoms with van der Waals surface area (Å²) in [5, 5.41) is 15.7. The Hall–Kier alpha value is -0.610. The molecule has 0 saturated carbocycles. The van der Waals surface area contributed by atoms with Crippen molar-refractivity contribution in [1.82, 2.24) is 10.6 Å². The molecule has 1 aliphatic heterocycles. The van der Waals surface area contributed by atoms with Crippen LogP contribution in [-0.4, -0.2) is 36.8 Å². The van der Waals surface area contributed by atoms with Gasteiger partial charge in [0, 0.05) is 12.0 Å². The highest BCUT2D eigenvalue weighted by atomic mass is 16.3. The number of piperidine rings is 1. The molecule has 4 heteroatoms. The molecule has 0 bridgehead atoms. The van der Waals surface area contributed by atoms with Gasteiger partial charge in [0.2, 0.25) is 5.91 Å². The Morgan fingerprint density at radius 2 is 2.12 bits per heavy atom. The van der Waals surface area contributed by atoms with Crippen molar-refractivity contribution in [3.8, 4) is 0 Å². The van der Waals surface area contributed by atoms with Crippen molar-refractivity contribution < 1.29 is 9.90 Å². The van der Waals surface area contributed by atoms with Gasteiger partial charge in [0.1, 0.15) is 0 Å². The number of hydrogen-bond acceptors (Lipinski definition) is 3. The normalized spacial score (nSPS) is 21.2. The SMILES string of the molecule is CCC(CC)(CO)CNC(=O)C1CCCCN1. The van der Waals surface area contributed by atoms with Crippen LogP contribution in [0.15, 0.2) is 0 Å². The molecular formula is C13H26N2O2. The molecule has 4 nitrogen and oxygen atoms in total. The first-order valence-electron chi connectivity index (χ1n) is 6.79. The van der Waals surface area contributed by atoms with Crippen LogP contribution in [0.5, 0.6) is 0 Å². The predicted molar refractivity (Wildman–Crippen MR) is 68.8 cm³/mol. The van der Waals surface area contributed by atoms with Crippen LogP contribution in [0, 0.1) is 5.41 Å². The standard InChI is InChI=1S/C13H26N2O2/c1-3-13(4-2,10-16)9-15-12(17)11-7-5-6-8-14-11/h11,14,16H,3-10H2,1-2H3,(H,15,17). The van der Waals surface area contributed by atoms with Gasteiger partial charge in [-0.2, -0.15) is 0 Å². The van der Waals surface area contributed by atoms with Crippen LogP contribution in [0.4, 0.5) is 0 Å². The van der Waals surface area contributed by atoms with Gasteiger partial charge in [0.15, 0.2) is 0 Å². The number of rotatable bonds is 6. The fourth-order valence-electron chi connectivity index (χ4n) is 2.25. The summed E-state index contributed by atoms with van der Waals surface area (Å²) in [6.07, 6.45) is 4.99. The minimum Gasteiger partial charge on any atom is -0.396 e. The zero-order valence-electron chi connectivity index (χ0n) is 11.1. The van der Waals surface area contributed by atoms with E-state index < -0.39 is 0 Å². The summed E-state index contributed by atoms with van der Waals surface area (Å²) in [7, 11) is 0. The number of carbonyl (C=O) groups is 1. The quantitative estimate of drug-likeness (QED) is 0.652. The van der Waals surface area contributed by atoms with E-state index in [-0.39, 0.29) is 24.0 Å². The molecule has 1 amide bonds. The minimum atomic E-state index is -0.148. The Bertz CT molecular complexity index is 225. The van der Waals surface area contributed by atoms with Gasteiger partial charge < -0.3 is 15.7 Å². The summed E-state index contributed by atoms with van der Waals surface area (Å²) in [5.74, 6) is 0.0874. The van der Waals surface area contributed by atoms with Crippen molar-refractivity contribution in [2.75, 3.05) is 19.7 Å². The topological polar surface area (TPSA) is 61.4 Å². The zero-order chi connectivity index (χ0) is 12.7. The monoisotopic (exact) mass is 242 g/mol. The summed E-state index contributed by atoms with van der Waals surface area (Å²) >= 11 is 0. The third kappa shape index (κ3) is 3.96. The van der Waals surface area contributed by atoms with E-state index in [1.807, 2.05) is 0 Å². The van der Waals surface area contributed by atoms with E-state index in [1.165, 1.54) is 0 Å². The number of carbonyl (C=O) groups excluding carboxylic acids is 1. The number of aliphatic hydroxyl groups excluding tert-OH is 1. The van der Waals surface area contributed by atoms with E-state index >= 15 is 0 Å². The third-order valence-electron chi connectivity index (χ3n) is 4.10. The molecule has 1 heterocycles. The molecule has 1 atom stereocenters. The fourth-order valence-corrected chi connectivity index (χ4v) is 2.25. The molecule has 0 radical (unpaired) electrons. The first-order chi connectivity index (χ1) is 8.17. The Kier molecular flexibility index (Phi) is 5.92. The van der Waals surface area contributed by atoms with Gasteiger partial charge in [-0.15, -0.1) is 0 Å². The zero-order valence-corrected chi connectivity index (χ0v) is 11.1. The molecule has 1 aliphatic rings. The predicted octanol–water partition coefficient (Wildman–Crippen LogP) is 1.04. The highest BCUT2D eigenvalue weighted by molar-refractivity contribution is 5.81. The van der Waals surface area contributed by atoms with Gasteiger partial charge in [0.25, 0.3) is 0 Å². The molecule has 100 valence electrons. The van der Waals surface area contributed by atoms with Crippen molar-refractivity contribution in [2.45, 2.75) is 52.0 Å². The third-order valence-corrected chi connectivity index (χ3v) is 4.10. The smallest absolute Gasteiger partial charge is 0.237 e. The maximum absolute atomic E-state index is 11.9. The maximum Gasteiger partial charge on any atom is 0.237 e. The number of nitrogens with one attached hydrogen (secondary N) is 2. The second-order valence-corrected chi connectivity index (χ2v) is 5.09. The molecular weight excluding hydrogens is 216 g/mol. The van der Waals surface area contributed by atoms with Crippen LogP contribution in [-0.2, 0) is 4.79 Å². The molecule has 3 N–H and O–H groups in total. The van der Waals surface area contributed by atoms with Crippen LogP contribution < -0.4 is 10.6 Å². The van der Waals surface area contributed by atoms with Crippen molar-refractivity contribution in [2.24, 2.45) is 5.41 Å². The number of aliphatic hydroxyl groups is 1. The van der Waals surface area contributed by atoms with E-state index in [9.17, 15) is 9.90 Å². The lowest BCUT2D eigenvalue weighted by atomic mass is 9.83. The highest BCUT2D eigenvalue weighted by Gasteiger charge is 2.27. The lowest BCUT2D eigenvalue weighted by molar-refractivity contribution is -0.124. The Morgan fingerprint density at radius 3 is 2.59 bits per heavy atom. The molecule has 17 heavy (non-hydrogen) atoms. The first kappa shape index (κ1) is 14.5. The van der Waals surface area contributed by atoms with Crippen LogP contribution in [0.2, 0.25) is 0 Å². The summed E-state index contributed by atoms with van der Waals surface area (Å²) < 4.78 is 0. The fraction of sp³-hybridized carbons (Fsp3) is 0.923. The van der Waals surface area contributed by atoms with Gasteiger partial charge in [-0.05, 0) is 32.2 Å². The molecule has 1 fully saturated rings. The van der Waals surface area contributed by atoms with Crippen LogP contribution in [0.25, 0.3) is 0 Å². The average molecular weight is 242 g/mol. The van der Waals surface area contributed by atoms with Crippen LogP contribution >= 0.6 is 0 Å². The van der Waals surface area contributed by atoms with Gasteiger partial charge in [-0.25, -0.2) is 0 Å². The van der Waals surface area contributed by atoms with Crippen molar-refractivity contribution in [3.63, 3.8) is 0 Å². The van der Waals surface area contributed by atoms with E-state index in [2.05, 4.69) is 24.5 Å².